The quantitative estimate of drug-likeness (QED) is 0.241. The summed E-state index contributed by atoms with van der Waals surface area (Å²) in [7, 11) is 0. The molecule has 0 saturated heterocycles. The van der Waals surface area contributed by atoms with Gasteiger partial charge in [0.15, 0.2) is 5.16 Å². The standard InChI is InChI=1S/C23H20N4O2S/c1-15(18-6-2-5-9-21(18)28)26-27-22(29)17-12-10-16(11-13-17)14-30-23-24-19-7-3-4-8-20(19)25-23/h2-13,28H,14H2,1H3,(H,24,25)(H,27,29). The number of hydrogen-bond acceptors (Lipinski definition) is 5. The van der Waals surface area contributed by atoms with E-state index in [0.29, 0.717) is 16.8 Å². The van der Waals surface area contributed by atoms with Crippen molar-refractivity contribution in [3.63, 3.8) is 0 Å². The number of carbonyl (C=O) groups excluding carboxylic acids is 1. The molecule has 0 aliphatic heterocycles. The van der Waals surface area contributed by atoms with Gasteiger partial charge in [0.2, 0.25) is 0 Å². The van der Waals surface area contributed by atoms with Crippen molar-refractivity contribution < 1.29 is 9.90 Å². The first-order valence-electron chi connectivity index (χ1n) is 9.39. The molecule has 1 heterocycles. The van der Waals surface area contributed by atoms with E-state index < -0.39 is 0 Å². The minimum absolute atomic E-state index is 0.124. The molecule has 150 valence electrons. The maximum absolute atomic E-state index is 12.4. The number of nitrogens with one attached hydrogen (secondary N) is 2. The van der Waals surface area contributed by atoms with E-state index in [0.717, 1.165) is 27.5 Å². The van der Waals surface area contributed by atoms with Gasteiger partial charge in [-0.1, -0.05) is 48.2 Å². The van der Waals surface area contributed by atoms with E-state index in [1.54, 1.807) is 55.1 Å². The lowest BCUT2D eigenvalue weighted by molar-refractivity contribution is 0.0955. The molecule has 30 heavy (non-hydrogen) atoms. The first kappa shape index (κ1) is 19.7. The van der Waals surface area contributed by atoms with Crippen LogP contribution >= 0.6 is 11.8 Å². The van der Waals surface area contributed by atoms with Crippen LogP contribution in [0.1, 0.15) is 28.4 Å². The van der Waals surface area contributed by atoms with Crippen LogP contribution in [0.15, 0.2) is 83.1 Å². The number of nitrogens with zero attached hydrogens (tertiary/aromatic N) is 2. The summed E-state index contributed by atoms with van der Waals surface area (Å²) in [5.74, 6) is 0.562. The van der Waals surface area contributed by atoms with Gasteiger partial charge in [0.1, 0.15) is 5.75 Å². The van der Waals surface area contributed by atoms with Crippen LogP contribution in [-0.4, -0.2) is 26.7 Å². The van der Waals surface area contributed by atoms with Gasteiger partial charge in [0.25, 0.3) is 5.91 Å². The fraction of sp³-hybridized carbons (Fsp3) is 0.0870. The number of hydrogen-bond donors (Lipinski definition) is 3. The molecule has 0 spiro atoms. The topological polar surface area (TPSA) is 90.4 Å². The lowest BCUT2D eigenvalue weighted by atomic mass is 10.1. The molecule has 1 aromatic heterocycles. The Morgan fingerprint density at radius 1 is 1.07 bits per heavy atom. The molecule has 6 nitrogen and oxygen atoms in total. The van der Waals surface area contributed by atoms with E-state index in [-0.39, 0.29) is 11.7 Å². The van der Waals surface area contributed by atoms with E-state index in [1.165, 1.54) is 0 Å². The van der Waals surface area contributed by atoms with E-state index >= 15 is 0 Å². The average Bonchev–Trinajstić information content (AvgIpc) is 3.19. The number of carbonyl (C=O) groups is 1. The van der Waals surface area contributed by atoms with Gasteiger partial charge in [0.05, 0.1) is 16.7 Å². The summed E-state index contributed by atoms with van der Waals surface area (Å²) >= 11 is 1.61. The van der Waals surface area contributed by atoms with E-state index in [9.17, 15) is 9.90 Å². The summed E-state index contributed by atoms with van der Waals surface area (Å²) in [6, 6.07) is 22.2. The molecule has 1 amide bonds. The number of rotatable bonds is 6. The van der Waals surface area contributed by atoms with Crippen LogP contribution in [0.25, 0.3) is 11.0 Å². The first-order chi connectivity index (χ1) is 14.6. The number of phenols is 1. The number of phenolic OH excluding ortho intramolecular Hbond substituents is 1. The number of aromatic hydroxyl groups is 1. The molecule has 0 bridgehead atoms. The zero-order chi connectivity index (χ0) is 20.9. The molecule has 7 heteroatoms. The number of fused-ring (bicyclic) bond motifs is 1. The Morgan fingerprint density at radius 3 is 2.57 bits per heavy atom. The predicted octanol–water partition coefficient (Wildman–Crippen LogP) is 4.71. The highest BCUT2D eigenvalue weighted by Crippen LogP contribution is 2.23. The molecule has 3 N–H and O–H groups in total. The third-order valence-electron chi connectivity index (χ3n) is 4.58. The van der Waals surface area contributed by atoms with Gasteiger partial charge in [-0.15, -0.1) is 0 Å². The number of benzene rings is 3. The Labute approximate surface area is 178 Å². The molecular formula is C23H20N4O2S. The summed E-state index contributed by atoms with van der Waals surface area (Å²) in [5, 5.41) is 14.8. The van der Waals surface area contributed by atoms with Gasteiger partial charge in [-0.2, -0.15) is 5.10 Å². The number of thioether (sulfide) groups is 1. The van der Waals surface area contributed by atoms with Crippen LogP contribution in [0, 0.1) is 0 Å². The van der Waals surface area contributed by atoms with E-state index in [2.05, 4.69) is 20.5 Å². The van der Waals surface area contributed by atoms with Crippen molar-refractivity contribution in [3.05, 3.63) is 89.5 Å². The van der Waals surface area contributed by atoms with Crippen molar-refractivity contribution in [2.24, 2.45) is 5.10 Å². The SMILES string of the molecule is CC(=NNC(=O)c1ccc(CSc2nc3ccccc3[nH]2)cc1)c1ccccc1O. The van der Waals surface area contributed by atoms with E-state index in [1.807, 2.05) is 36.4 Å². The minimum atomic E-state index is -0.304. The molecule has 0 aliphatic rings. The summed E-state index contributed by atoms with van der Waals surface area (Å²) in [5.41, 5.74) is 7.22. The van der Waals surface area contributed by atoms with Crippen molar-refractivity contribution in [2.45, 2.75) is 17.8 Å². The van der Waals surface area contributed by atoms with Gasteiger partial charge in [-0.05, 0) is 48.9 Å². The average molecular weight is 417 g/mol. The molecule has 0 radical (unpaired) electrons. The molecular weight excluding hydrogens is 396 g/mol. The normalized spacial score (nSPS) is 11.6. The zero-order valence-corrected chi connectivity index (χ0v) is 17.1. The van der Waals surface area contributed by atoms with E-state index in [4.69, 9.17) is 0 Å². The Hall–Kier alpha value is -3.58. The Bertz CT molecular complexity index is 1180. The molecule has 3 aromatic carbocycles. The van der Waals surface area contributed by atoms with Crippen LogP contribution < -0.4 is 5.43 Å². The highest BCUT2D eigenvalue weighted by molar-refractivity contribution is 7.98. The summed E-state index contributed by atoms with van der Waals surface area (Å²) < 4.78 is 0. The lowest BCUT2D eigenvalue weighted by Gasteiger charge is -2.05. The second-order valence-electron chi connectivity index (χ2n) is 6.70. The number of hydrazone groups is 1. The third-order valence-corrected chi connectivity index (χ3v) is 5.52. The fourth-order valence-electron chi connectivity index (χ4n) is 2.94. The van der Waals surface area contributed by atoms with Crippen LogP contribution in [-0.2, 0) is 5.75 Å². The Balaban J connectivity index is 1.36. The van der Waals surface area contributed by atoms with Crippen LogP contribution in [0.5, 0.6) is 5.75 Å². The summed E-state index contributed by atoms with van der Waals surface area (Å²) in [4.78, 5) is 20.2. The molecule has 4 aromatic rings. The van der Waals surface area contributed by atoms with Crippen molar-refractivity contribution in [2.75, 3.05) is 0 Å². The smallest absolute Gasteiger partial charge is 0.271 e. The largest absolute Gasteiger partial charge is 0.507 e. The van der Waals surface area contributed by atoms with Gasteiger partial charge >= 0.3 is 0 Å². The van der Waals surface area contributed by atoms with Crippen LogP contribution in [0.3, 0.4) is 0 Å². The molecule has 0 unspecified atom stereocenters. The number of aromatic amines is 1. The zero-order valence-electron chi connectivity index (χ0n) is 16.3. The molecule has 0 atom stereocenters. The Morgan fingerprint density at radius 2 is 1.80 bits per heavy atom. The highest BCUT2D eigenvalue weighted by Gasteiger charge is 2.08. The lowest BCUT2D eigenvalue weighted by Crippen LogP contribution is -2.19. The van der Waals surface area contributed by atoms with Gasteiger partial charge < -0.3 is 10.1 Å². The summed E-state index contributed by atoms with van der Waals surface area (Å²) in [6.07, 6.45) is 0. The maximum Gasteiger partial charge on any atom is 0.271 e. The van der Waals surface area contributed by atoms with Crippen molar-refractivity contribution in [3.8, 4) is 5.75 Å². The van der Waals surface area contributed by atoms with Crippen molar-refractivity contribution >= 4 is 34.4 Å². The second-order valence-corrected chi connectivity index (χ2v) is 7.66. The fourth-order valence-corrected chi connectivity index (χ4v) is 3.78. The Kier molecular flexibility index (Phi) is 5.81. The minimum Gasteiger partial charge on any atom is -0.507 e. The number of amides is 1. The van der Waals surface area contributed by atoms with Crippen molar-refractivity contribution in [1.29, 1.82) is 0 Å². The molecule has 0 fully saturated rings. The van der Waals surface area contributed by atoms with Crippen LogP contribution in [0.4, 0.5) is 0 Å². The number of imidazole rings is 1. The van der Waals surface area contributed by atoms with Gasteiger partial charge in [0, 0.05) is 16.9 Å². The maximum atomic E-state index is 12.4. The highest BCUT2D eigenvalue weighted by atomic mass is 32.2. The third kappa shape index (κ3) is 4.52. The molecule has 0 saturated carbocycles. The predicted molar refractivity (Wildman–Crippen MR) is 120 cm³/mol. The number of aromatic nitrogens is 2. The second kappa shape index (κ2) is 8.84. The van der Waals surface area contributed by atoms with Crippen LogP contribution in [0.2, 0.25) is 0 Å². The van der Waals surface area contributed by atoms with Crippen molar-refractivity contribution in [1.82, 2.24) is 15.4 Å². The van der Waals surface area contributed by atoms with Gasteiger partial charge in [-0.25, -0.2) is 10.4 Å². The monoisotopic (exact) mass is 416 g/mol. The molecule has 4 rings (SSSR count). The summed E-state index contributed by atoms with van der Waals surface area (Å²) in [6.45, 7) is 1.73. The number of para-hydroxylation sites is 3. The van der Waals surface area contributed by atoms with Gasteiger partial charge in [-0.3, -0.25) is 4.79 Å². The number of H-pyrrole nitrogens is 1. The first-order valence-corrected chi connectivity index (χ1v) is 10.4. The molecule has 0 aliphatic carbocycles.